The molecule has 4 N–H and O–H groups in total. The van der Waals surface area contributed by atoms with Crippen LogP contribution in [-0.2, 0) is 9.59 Å². The van der Waals surface area contributed by atoms with Crippen LogP contribution in [0.5, 0.6) is 0 Å². The van der Waals surface area contributed by atoms with Crippen molar-refractivity contribution < 1.29 is 14.7 Å². The molecule has 5 nitrogen and oxygen atoms in total. The maximum Gasteiger partial charge on any atom is 0.303 e. The summed E-state index contributed by atoms with van der Waals surface area (Å²) in [6.45, 7) is 3.61. The first kappa shape index (κ1) is 12.0. The Balaban J connectivity index is 2.41. The molecule has 0 aromatic heterocycles. The molecule has 1 rings (SSSR count). The minimum atomic E-state index is -0.855. The van der Waals surface area contributed by atoms with Crippen molar-refractivity contribution in [2.75, 3.05) is 0 Å². The van der Waals surface area contributed by atoms with E-state index in [1.54, 1.807) is 13.8 Å². The number of rotatable bonds is 5. The second-order valence-corrected chi connectivity index (χ2v) is 4.89. The number of aliphatic carboxylic acids is 1. The molecule has 0 bridgehead atoms. The number of hydrogen-bond donors (Lipinski definition) is 3. The van der Waals surface area contributed by atoms with E-state index in [0.717, 1.165) is 0 Å². The number of nitrogens with two attached hydrogens (primary N) is 1. The van der Waals surface area contributed by atoms with E-state index in [2.05, 4.69) is 5.32 Å². The van der Waals surface area contributed by atoms with Crippen LogP contribution < -0.4 is 11.1 Å². The molecular formula is C10H18N2O3. The number of carboxylic acid groups (broad SMARTS) is 1. The quantitative estimate of drug-likeness (QED) is 0.611. The molecule has 1 saturated carbocycles. The molecule has 0 aromatic rings. The number of carbonyl (C=O) groups is 2. The molecule has 86 valence electrons. The smallest absolute Gasteiger partial charge is 0.303 e. The first-order chi connectivity index (χ1) is 6.75. The van der Waals surface area contributed by atoms with Crippen molar-refractivity contribution in [2.45, 2.75) is 50.6 Å². The molecule has 0 radical (unpaired) electrons. The first-order valence-electron chi connectivity index (χ1n) is 5.08. The molecule has 0 atom stereocenters. The molecule has 0 aliphatic heterocycles. The van der Waals surface area contributed by atoms with Gasteiger partial charge in [-0.1, -0.05) is 0 Å². The zero-order valence-electron chi connectivity index (χ0n) is 9.17. The van der Waals surface area contributed by atoms with E-state index in [1.165, 1.54) is 0 Å². The van der Waals surface area contributed by atoms with Crippen LogP contribution >= 0.6 is 0 Å². The lowest BCUT2D eigenvalue weighted by Crippen LogP contribution is -2.52. The Morgan fingerprint density at radius 2 is 2.00 bits per heavy atom. The number of carboxylic acids is 1. The zero-order valence-corrected chi connectivity index (χ0v) is 9.17. The largest absolute Gasteiger partial charge is 0.481 e. The van der Waals surface area contributed by atoms with Gasteiger partial charge >= 0.3 is 5.97 Å². The Labute approximate surface area is 89.0 Å². The van der Waals surface area contributed by atoms with Crippen molar-refractivity contribution in [2.24, 2.45) is 5.73 Å². The predicted molar refractivity (Wildman–Crippen MR) is 55.2 cm³/mol. The number of carbonyl (C=O) groups excluding carboxylic acids is 1. The van der Waals surface area contributed by atoms with Crippen molar-refractivity contribution in [1.29, 1.82) is 0 Å². The summed E-state index contributed by atoms with van der Waals surface area (Å²) in [7, 11) is 0. The van der Waals surface area contributed by atoms with E-state index in [4.69, 9.17) is 10.8 Å². The van der Waals surface area contributed by atoms with E-state index < -0.39 is 17.0 Å². The van der Waals surface area contributed by atoms with Crippen molar-refractivity contribution >= 4 is 11.9 Å². The molecular weight excluding hydrogens is 196 g/mol. The fraction of sp³-hybridized carbons (Fsp3) is 0.800. The highest BCUT2D eigenvalue weighted by atomic mass is 16.4. The van der Waals surface area contributed by atoms with Gasteiger partial charge in [0.25, 0.3) is 0 Å². The minimum Gasteiger partial charge on any atom is -0.481 e. The third kappa shape index (κ3) is 3.51. The molecule has 15 heavy (non-hydrogen) atoms. The van der Waals surface area contributed by atoms with Gasteiger partial charge in [0, 0.05) is 12.0 Å². The van der Waals surface area contributed by atoms with E-state index in [9.17, 15) is 9.59 Å². The maximum absolute atomic E-state index is 11.6. The summed E-state index contributed by atoms with van der Waals surface area (Å²) in [4.78, 5) is 22.0. The van der Waals surface area contributed by atoms with Crippen LogP contribution in [0.3, 0.4) is 0 Å². The van der Waals surface area contributed by atoms with Crippen molar-refractivity contribution in [3.63, 3.8) is 0 Å². The summed E-state index contributed by atoms with van der Waals surface area (Å²) in [5.74, 6) is -1.02. The Bertz CT molecular complexity index is 282. The number of nitrogens with one attached hydrogen (secondary N) is 1. The van der Waals surface area contributed by atoms with E-state index in [1.807, 2.05) is 0 Å². The van der Waals surface area contributed by atoms with Gasteiger partial charge in [-0.25, -0.2) is 0 Å². The second kappa shape index (κ2) is 3.81. The van der Waals surface area contributed by atoms with Gasteiger partial charge in [0.1, 0.15) is 0 Å². The molecule has 0 unspecified atom stereocenters. The Hall–Kier alpha value is -1.10. The molecule has 0 aromatic carbocycles. The van der Waals surface area contributed by atoms with Gasteiger partial charge in [-0.2, -0.15) is 0 Å². The average Bonchev–Trinajstić information content (AvgIpc) is 2.81. The van der Waals surface area contributed by atoms with Gasteiger partial charge < -0.3 is 16.2 Å². The van der Waals surface area contributed by atoms with E-state index >= 15 is 0 Å². The summed E-state index contributed by atoms with van der Waals surface area (Å²) >= 11 is 0. The fourth-order valence-corrected chi connectivity index (χ4v) is 1.28. The second-order valence-electron chi connectivity index (χ2n) is 4.89. The van der Waals surface area contributed by atoms with Crippen molar-refractivity contribution in [3.05, 3.63) is 0 Å². The standard InChI is InChI=1S/C10H18N2O3/c1-9(2,4-3-7(13)14)12-8(15)10(11)5-6-10/h3-6,11H2,1-2H3,(H,12,15)(H,13,14). The van der Waals surface area contributed by atoms with Crippen LogP contribution in [0.1, 0.15) is 39.5 Å². The summed E-state index contributed by atoms with van der Waals surface area (Å²) < 4.78 is 0. The van der Waals surface area contributed by atoms with Crippen LogP contribution in [0, 0.1) is 0 Å². The van der Waals surface area contributed by atoms with Gasteiger partial charge in [0.15, 0.2) is 0 Å². The van der Waals surface area contributed by atoms with Gasteiger partial charge in [-0.3, -0.25) is 9.59 Å². The lowest BCUT2D eigenvalue weighted by molar-refractivity contribution is -0.138. The minimum absolute atomic E-state index is 0.0465. The molecule has 1 aliphatic rings. The van der Waals surface area contributed by atoms with Crippen LogP contribution in [0.2, 0.25) is 0 Å². The molecule has 1 amide bonds. The summed E-state index contributed by atoms with van der Waals surface area (Å²) in [5, 5.41) is 11.3. The highest BCUT2D eigenvalue weighted by Crippen LogP contribution is 2.33. The van der Waals surface area contributed by atoms with Crippen LogP contribution in [-0.4, -0.2) is 28.1 Å². The predicted octanol–water partition coefficient (Wildman–Crippen LogP) is 0.237. The lowest BCUT2D eigenvalue weighted by Gasteiger charge is -2.27. The summed E-state index contributed by atoms with van der Waals surface area (Å²) in [5.41, 5.74) is 4.52. The van der Waals surface area contributed by atoms with Crippen LogP contribution in [0.25, 0.3) is 0 Å². The Morgan fingerprint density at radius 3 is 2.40 bits per heavy atom. The highest BCUT2D eigenvalue weighted by Gasteiger charge is 2.47. The highest BCUT2D eigenvalue weighted by molar-refractivity contribution is 5.89. The fourth-order valence-electron chi connectivity index (χ4n) is 1.28. The third-order valence-corrected chi connectivity index (χ3v) is 2.66. The average molecular weight is 214 g/mol. The first-order valence-corrected chi connectivity index (χ1v) is 5.08. The zero-order chi connectivity index (χ0) is 11.7. The van der Waals surface area contributed by atoms with Gasteiger partial charge in [-0.15, -0.1) is 0 Å². The molecule has 0 spiro atoms. The van der Waals surface area contributed by atoms with E-state index in [0.29, 0.717) is 19.3 Å². The van der Waals surface area contributed by atoms with Crippen molar-refractivity contribution in [1.82, 2.24) is 5.32 Å². The number of amides is 1. The summed E-state index contributed by atoms with van der Waals surface area (Å²) in [6, 6.07) is 0. The third-order valence-electron chi connectivity index (χ3n) is 2.66. The van der Waals surface area contributed by atoms with Crippen LogP contribution in [0.4, 0.5) is 0 Å². The molecule has 0 heterocycles. The molecule has 5 heteroatoms. The SMILES string of the molecule is CC(C)(CCC(=O)O)NC(=O)C1(N)CC1. The van der Waals surface area contributed by atoms with Crippen LogP contribution in [0.15, 0.2) is 0 Å². The Kier molecular flexibility index (Phi) is 3.04. The van der Waals surface area contributed by atoms with Gasteiger partial charge in [-0.05, 0) is 33.1 Å². The lowest BCUT2D eigenvalue weighted by atomic mass is 9.97. The topological polar surface area (TPSA) is 92.4 Å². The molecule has 0 saturated heterocycles. The number of hydrogen-bond acceptors (Lipinski definition) is 3. The van der Waals surface area contributed by atoms with Crippen molar-refractivity contribution in [3.8, 4) is 0 Å². The maximum atomic E-state index is 11.6. The summed E-state index contributed by atoms with van der Waals surface area (Å²) in [6.07, 6.45) is 1.89. The Morgan fingerprint density at radius 1 is 1.47 bits per heavy atom. The molecule has 1 aliphatic carbocycles. The monoisotopic (exact) mass is 214 g/mol. The normalized spacial score (nSPS) is 18.3. The van der Waals surface area contributed by atoms with Gasteiger partial charge in [0.05, 0.1) is 5.54 Å². The molecule has 1 fully saturated rings. The van der Waals surface area contributed by atoms with Gasteiger partial charge in [0.2, 0.25) is 5.91 Å². The van der Waals surface area contributed by atoms with E-state index in [-0.39, 0.29) is 12.3 Å².